The minimum absolute atomic E-state index is 0.275. The van der Waals surface area contributed by atoms with Gasteiger partial charge in [-0.25, -0.2) is 0 Å². The van der Waals surface area contributed by atoms with Crippen molar-refractivity contribution in [1.29, 1.82) is 0 Å². The molecule has 1 atom stereocenters. The molecule has 0 saturated carbocycles. The van der Waals surface area contributed by atoms with E-state index in [9.17, 15) is 9.36 Å². The van der Waals surface area contributed by atoms with Crippen LogP contribution in [0.2, 0.25) is 0 Å². The molecule has 0 bridgehead atoms. The minimum atomic E-state index is -3.34. The van der Waals surface area contributed by atoms with E-state index in [0.29, 0.717) is 23.0 Å². The predicted molar refractivity (Wildman–Crippen MR) is 134 cm³/mol. The molecule has 32 heavy (non-hydrogen) atoms. The van der Waals surface area contributed by atoms with Crippen LogP contribution in [0.4, 0.5) is 0 Å². The predicted octanol–water partition coefficient (Wildman–Crippen LogP) is 7.45. The van der Waals surface area contributed by atoms with E-state index in [1.165, 1.54) is 59.2 Å². The molecule has 0 saturated heterocycles. The third kappa shape index (κ3) is 7.24. The van der Waals surface area contributed by atoms with Gasteiger partial charge in [-0.3, -0.25) is 4.79 Å². The molecular formula is C27H39O4P. The SMILES string of the molecule is CCCCCCCCCCCCP(=O)(C(=O)c1c(OC)cccc1OC)c1ccccc1. The van der Waals surface area contributed by atoms with Crippen LogP contribution in [0.3, 0.4) is 0 Å². The second-order valence-electron chi connectivity index (χ2n) is 8.32. The van der Waals surface area contributed by atoms with Crippen molar-refractivity contribution in [3.8, 4) is 11.5 Å². The first kappa shape index (κ1) is 26.2. The first-order valence-electron chi connectivity index (χ1n) is 12.0. The number of methoxy groups -OCH3 is 2. The van der Waals surface area contributed by atoms with E-state index in [2.05, 4.69) is 6.92 Å². The largest absolute Gasteiger partial charge is 0.496 e. The lowest BCUT2D eigenvalue weighted by molar-refractivity contribution is 0.107. The Bertz CT molecular complexity index is 841. The number of hydrogen-bond donors (Lipinski definition) is 0. The summed E-state index contributed by atoms with van der Waals surface area (Å²) in [5, 5.41) is 0.605. The number of carbonyl (C=O) groups is 1. The van der Waals surface area contributed by atoms with Crippen molar-refractivity contribution in [3.05, 3.63) is 54.1 Å². The van der Waals surface area contributed by atoms with Gasteiger partial charge >= 0.3 is 0 Å². The van der Waals surface area contributed by atoms with Crippen LogP contribution in [-0.2, 0) is 4.57 Å². The Morgan fingerprint density at radius 3 is 1.72 bits per heavy atom. The maximum Gasteiger partial charge on any atom is 0.233 e. The summed E-state index contributed by atoms with van der Waals surface area (Å²) in [4.78, 5) is 13.7. The number of rotatable bonds is 16. The second kappa shape index (κ2) is 14.2. The molecule has 4 nitrogen and oxygen atoms in total. The summed E-state index contributed by atoms with van der Waals surface area (Å²) in [6.45, 7) is 2.24. The van der Waals surface area contributed by atoms with Gasteiger partial charge in [-0.15, -0.1) is 0 Å². The van der Waals surface area contributed by atoms with Crippen LogP contribution in [0.5, 0.6) is 11.5 Å². The Kier molecular flexibility index (Phi) is 11.6. The van der Waals surface area contributed by atoms with Gasteiger partial charge in [0.15, 0.2) is 7.14 Å². The highest BCUT2D eigenvalue weighted by Crippen LogP contribution is 2.51. The fourth-order valence-corrected chi connectivity index (χ4v) is 6.68. The molecule has 0 fully saturated rings. The van der Waals surface area contributed by atoms with Gasteiger partial charge in [-0.05, 0) is 18.6 Å². The zero-order valence-corrected chi connectivity index (χ0v) is 20.9. The molecule has 0 N–H and O–H groups in total. The lowest BCUT2D eigenvalue weighted by atomic mass is 10.1. The second-order valence-corrected chi connectivity index (χ2v) is 11.2. The topological polar surface area (TPSA) is 52.6 Å². The Balaban J connectivity index is 2.07. The normalized spacial score (nSPS) is 12.8. The van der Waals surface area contributed by atoms with Crippen molar-refractivity contribution < 1.29 is 18.8 Å². The van der Waals surface area contributed by atoms with E-state index < -0.39 is 7.14 Å². The first-order valence-corrected chi connectivity index (χ1v) is 13.9. The van der Waals surface area contributed by atoms with Crippen LogP contribution in [0.1, 0.15) is 81.5 Å². The smallest absolute Gasteiger partial charge is 0.233 e. The number of unbranched alkanes of at least 4 members (excludes halogenated alkanes) is 9. The van der Waals surface area contributed by atoms with Gasteiger partial charge in [-0.2, -0.15) is 0 Å². The third-order valence-electron chi connectivity index (χ3n) is 5.97. The van der Waals surface area contributed by atoms with E-state index in [-0.39, 0.29) is 11.1 Å². The molecule has 176 valence electrons. The molecule has 0 aromatic heterocycles. The van der Waals surface area contributed by atoms with Crippen molar-refractivity contribution in [2.45, 2.75) is 71.1 Å². The van der Waals surface area contributed by atoms with E-state index in [1.807, 2.05) is 18.2 Å². The van der Waals surface area contributed by atoms with E-state index in [4.69, 9.17) is 9.47 Å². The van der Waals surface area contributed by atoms with Crippen molar-refractivity contribution in [2.75, 3.05) is 20.4 Å². The van der Waals surface area contributed by atoms with Gasteiger partial charge in [-0.1, -0.05) is 101 Å². The fraction of sp³-hybridized carbons (Fsp3) is 0.519. The molecule has 0 amide bonds. The average Bonchev–Trinajstić information content (AvgIpc) is 2.84. The van der Waals surface area contributed by atoms with Crippen LogP contribution in [0.25, 0.3) is 0 Å². The summed E-state index contributed by atoms with van der Waals surface area (Å²) < 4.78 is 25.1. The Labute approximate surface area is 194 Å². The van der Waals surface area contributed by atoms with Gasteiger partial charge in [0.2, 0.25) is 5.52 Å². The van der Waals surface area contributed by atoms with Gasteiger partial charge in [0.1, 0.15) is 17.1 Å². The van der Waals surface area contributed by atoms with E-state index >= 15 is 0 Å². The van der Waals surface area contributed by atoms with Gasteiger partial charge in [0.05, 0.1) is 14.2 Å². The molecule has 0 heterocycles. The number of carbonyl (C=O) groups excluding carboxylic acids is 1. The van der Waals surface area contributed by atoms with Crippen molar-refractivity contribution in [1.82, 2.24) is 0 Å². The zero-order valence-electron chi connectivity index (χ0n) is 20.0. The number of benzene rings is 2. The summed E-state index contributed by atoms with van der Waals surface area (Å²) in [6.07, 6.45) is 12.3. The first-order chi connectivity index (χ1) is 15.6. The molecule has 0 radical (unpaired) electrons. The van der Waals surface area contributed by atoms with Crippen molar-refractivity contribution in [2.24, 2.45) is 0 Å². The highest BCUT2D eigenvalue weighted by atomic mass is 31.2. The van der Waals surface area contributed by atoms with Gasteiger partial charge in [0, 0.05) is 11.5 Å². The maximum absolute atomic E-state index is 14.2. The van der Waals surface area contributed by atoms with Crippen molar-refractivity contribution >= 4 is 18.0 Å². The molecule has 0 aliphatic carbocycles. The number of ether oxygens (including phenoxy) is 2. The Morgan fingerprint density at radius 1 is 0.719 bits per heavy atom. The van der Waals surface area contributed by atoms with Gasteiger partial charge in [0.25, 0.3) is 0 Å². The van der Waals surface area contributed by atoms with Gasteiger partial charge < -0.3 is 14.0 Å². The molecule has 1 unspecified atom stereocenters. The van der Waals surface area contributed by atoms with Crippen LogP contribution < -0.4 is 14.8 Å². The summed E-state index contributed by atoms with van der Waals surface area (Å²) in [5.41, 5.74) is -0.106. The van der Waals surface area contributed by atoms with Crippen LogP contribution in [0.15, 0.2) is 48.5 Å². The summed E-state index contributed by atoms with van der Waals surface area (Å²) in [7, 11) is -0.308. The van der Waals surface area contributed by atoms with Crippen molar-refractivity contribution in [3.63, 3.8) is 0 Å². The van der Waals surface area contributed by atoms with E-state index in [1.54, 1.807) is 30.3 Å². The molecule has 0 aliphatic rings. The maximum atomic E-state index is 14.2. The average molecular weight is 459 g/mol. The molecular weight excluding hydrogens is 419 g/mol. The highest BCUT2D eigenvalue weighted by Gasteiger charge is 2.37. The number of hydrogen-bond acceptors (Lipinski definition) is 4. The standard InChI is InChI=1S/C27H39O4P/c1-4-5-6-7-8-9-10-11-12-16-22-32(29,23-18-14-13-15-19-23)27(28)26-24(30-2)20-17-21-25(26)31-3/h13-15,17-21H,4-12,16,22H2,1-3H3. The quantitative estimate of drug-likeness (QED) is 0.194. The summed E-state index contributed by atoms with van der Waals surface area (Å²) in [5.74, 6) is 0.794. The molecule has 5 heteroatoms. The van der Waals surface area contributed by atoms with Crippen LogP contribution in [0, 0.1) is 0 Å². The Hall–Kier alpha value is -2.06. The monoisotopic (exact) mass is 458 g/mol. The molecule has 0 aliphatic heterocycles. The molecule has 2 aromatic rings. The summed E-state index contributed by atoms with van der Waals surface area (Å²) >= 11 is 0. The molecule has 0 spiro atoms. The summed E-state index contributed by atoms with van der Waals surface area (Å²) in [6, 6.07) is 14.4. The Morgan fingerprint density at radius 2 is 1.22 bits per heavy atom. The molecule has 2 rings (SSSR count). The van der Waals surface area contributed by atoms with E-state index in [0.717, 1.165) is 19.3 Å². The highest BCUT2D eigenvalue weighted by molar-refractivity contribution is 7.87. The van der Waals surface area contributed by atoms with Crippen LogP contribution in [-0.4, -0.2) is 25.9 Å². The molecule has 2 aromatic carbocycles. The minimum Gasteiger partial charge on any atom is -0.496 e. The fourth-order valence-electron chi connectivity index (χ4n) is 4.08. The lowest BCUT2D eigenvalue weighted by Crippen LogP contribution is -2.17. The lowest BCUT2D eigenvalue weighted by Gasteiger charge is -2.20. The third-order valence-corrected chi connectivity index (χ3v) is 8.93. The van der Waals surface area contributed by atoms with Crippen LogP contribution >= 0.6 is 7.14 Å². The zero-order chi connectivity index (χ0) is 23.2.